The lowest BCUT2D eigenvalue weighted by atomic mass is 9.81. The molecule has 1 aliphatic heterocycles. The van der Waals surface area contributed by atoms with Gasteiger partial charge in [-0.2, -0.15) is 0 Å². The highest BCUT2D eigenvalue weighted by Crippen LogP contribution is 2.33. The Morgan fingerprint density at radius 3 is 3.03 bits per heavy atom. The minimum atomic E-state index is 0.000329. The smallest absolute Gasteiger partial charge is 0.234 e. The molecule has 1 saturated carbocycles. The number of rotatable bonds is 7. The van der Waals surface area contributed by atoms with E-state index in [-0.39, 0.29) is 17.7 Å². The molecule has 8 heteroatoms. The first-order chi connectivity index (χ1) is 17.1. The number of amides is 2. The maximum Gasteiger partial charge on any atom is 0.234 e. The number of anilines is 2. The number of carbonyl (C=O) groups is 2. The molecular weight excluding hydrogens is 460 g/mol. The summed E-state index contributed by atoms with van der Waals surface area (Å²) in [6.07, 6.45) is 5.66. The molecule has 1 aromatic heterocycles. The van der Waals surface area contributed by atoms with Crippen LogP contribution in [0.4, 0.5) is 11.4 Å². The van der Waals surface area contributed by atoms with Gasteiger partial charge in [0, 0.05) is 22.7 Å². The van der Waals surface area contributed by atoms with Gasteiger partial charge in [-0.15, -0.1) is 11.8 Å². The molecule has 35 heavy (non-hydrogen) atoms. The van der Waals surface area contributed by atoms with Crippen LogP contribution in [-0.4, -0.2) is 36.2 Å². The van der Waals surface area contributed by atoms with Gasteiger partial charge in [-0.05, 0) is 67.6 Å². The van der Waals surface area contributed by atoms with Crippen LogP contribution in [0.25, 0.3) is 10.9 Å². The van der Waals surface area contributed by atoms with Crippen LogP contribution in [0.3, 0.4) is 0 Å². The van der Waals surface area contributed by atoms with Crippen molar-refractivity contribution in [2.24, 2.45) is 11.8 Å². The first-order valence-electron chi connectivity index (χ1n) is 12.1. The Balaban J connectivity index is 1.16. The summed E-state index contributed by atoms with van der Waals surface area (Å²) in [6.45, 7) is 1.61. The summed E-state index contributed by atoms with van der Waals surface area (Å²) in [5.41, 5.74) is 3.66. The van der Waals surface area contributed by atoms with Crippen LogP contribution in [0.2, 0.25) is 0 Å². The minimum Gasteiger partial charge on any atom is -0.495 e. The van der Waals surface area contributed by atoms with Crippen molar-refractivity contribution in [1.29, 1.82) is 0 Å². The summed E-state index contributed by atoms with van der Waals surface area (Å²) >= 11 is 1.58. The van der Waals surface area contributed by atoms with Crippen molar-refractivity contribution in [3.63, 3.8) is 0 Å². The predicted octanol–water partition coefficient (Wildman–Crippen LogP) is 4.82. The molecule has 182 valence electrons. The zero-order valence-electron chi connectivity index (χ0n) is 19.8. The molecule has 3 aromatic rings. The highest BCUT2D eigenvalue weighted by Gasteiger charge is 2.27. The number of pyridine rings is 1. The third-order valence-corrected chi connectivity index (χ3v) is 7.86. The zero-order chi connectivity index (χ0) is 24.2. The summed E-state index contributed by atoms with van der Waals surface area (Å²) < 4.78 is 5.31. The molecule has 1 aliphatic carbocycles. The number of carbonyl (C=O) groups excluding carboxylic acids is 2. The molecule has 0 spiro atoms. The summed E-state index contributed by atoms with van der Waals surface area (Å²) in [7, 11) is 1.61. The number of methoxy groups -OCH3 is 1. The van der Waals surface area contributed by atoms with E-state index in [2.05, 4.69) is 39.1 Å². The van der Waals surface area contributed by atoms with Gasteiger partial charge in [0.05, 0.1) is 36.0 Å². The Morgan fingerprint density at radius 1 is 1.23 bits per heavy atom. The summed E-state index contributed by atoms with van der Waals surface area (Å²) in [5, 5.41) is 10.5. The van der Waals surface area contributed by atoms with Crippen LogP contribution in [-0.2, 0) is 16.1 Å². The Hall–Kier alpha value is -3.10. The normalized spacial score (nSPS) is 19.6. The number of fused-ring (bicyclic) bond motifs is 2. The molecule has 0 bridgehead atoms. The highest BCUT2D eigenvalue weighted by molar-refractivity contribution is 8.00. The van der Waals surface area contributed by atoms with Crippen molar-refractivity contribution >= 4 is 45.9 Å². The molecular formula is C27H30N4O3S. The number of benzene rings is 2. The number of nitrogens with zero attached hydrogens (tertiary/aromatic N) is 1. The Kier molecular flexibility index (Phi) is 7.20. The van der Waals surface area contributed by atoms with E-state index in [1.165, 1.54) is 0 Å². The molecule has 2 aromatic carbocycles. The van der Waals surface area contributed by atoms with Gasteiger partial charge in [0.1, 0.15) is 5.75 Å². The van der Waals surface area contributed by atoms with Gasteiger partial charge in [-0.3, -0.25) is 14.6 Å². The maximum atomic E-state index is 13.1. The van der Waals surface area contributed by atoms with Gasteiger partial charge >= 0.3 is 0 Å². The van der Waals surface area contributed by atoms with Gasteiger partial charge in [-0.25, -0.2) is 0 Å². The molecule has 0 saturated heterocycles. The van der Waals surface area contributed by atoms with E-state index in [9.17, 15) is 9.59 Å². The molecule has 2 unspecified atom stereocenters. The van der Waals surface area contributed by atoms with E-state index in [0.717, 1.165) is 71.5 Å². The number of thioether (sulfide) groups is 1. The minimum absolute atomic E-state index is 0.000329. The molecule has 2 aliphatic rings. The number of hydrogen-bond donors (Lipinski definition) is 3. The fraction of sp³-hybridized carbons (Fsp3) is 0.370. The second-order valence-corrected chi connectivity index (χ2v) is 10.3. The van der Waals surface area contributed by atoms with Crippen LogP contribution in [0.1, 0.15) is 31.2 Å². The fourth-order valence-corrected chi connectivity index (χ4v) is 5.75. The van der Waals surface area contributed by atoms with E-state index in [0.29, 0.717) is 17.4 Å². The molecule has 2 heterocycles. The first kappa shape index (κ1) is 23.6. The Bertz CT molecular complexity index is 1250. The Morgan fingerprint density at radius 2 is 2.14 bits per heavy atom. The van der Waals surface area contributed by atoms with E-state index < -0.39 is 0 Å². The van der Waals surface area contributed by atoms with Crippen LogP contribution >= 0.6 is 11.8 Å². The Labute approximate surface area is 209 Å². The average molecular weight is 491 g/mol. The van der Waals surface area contributed by atoms with Crippen molar-refractivity contribution in [3.05, 3.63) is 54.2 Å². The van der Waals surface area contributed by atoms with Crippen LogP contribution in [0, 0.1) is 11.8 Å². The lowest BCUT2D eigenvalue weighted by Crippen LogP contribution is -2.32. The number of aromatic nitrogens is 1. The fourth-order valence-electron chi connectivity index (χ4n) is 4.96. The number of hydrogen-bond acceptors (Lipinski definition) is 6. The first-order valence-corrected chi connectivity index (χ1v) is 13.1. The van der Waals surface area contributed by atoms with Crippen LogP contribution in [0.15, 0.2) is 53.6 Å². The molecule has 5 rings (SSSR count). The van der Waals surface area contributed by atoms with Gasteiger partial charge in [0.2, 0.25) is 11.8 Å². The van der Waals surface area contributed by atoms with E-state index in [4.69, 9.17) is 4.74 Å². The summed E-state index contributed by atoms with van der Waals surface area (Å²) in [5.74, 6) is 1.74. The van der Waals surface area contributed by atoms with Crippen molar-refractivity contribution in [1.82, 2.24) is 10.3 Å². The third-order valence-electron chi connectivity index (χ3n) is 6.79. The van der Waals surface area contributed by atoms with E-state index in [1.54, 1.807) is 25.1 Å². The van der Waals surface area contributed by atoms with Gasteiger partial charge < -0.3 is 20.7 Å². The van der Waals surface area contributed by atoms with Crippen LogP contribution < -0.4 is 20.7 Å². The highest BCUT2D eigenvalue weighted by atomic mass is 32.2. The van der Waals surface area contributed by atoms with Gasteiger partial charge in [0.15, 0.2) is 0 Å². The van der Waals surface area contributed by atoms with Gasteiger partial charge in [0.25, 0.3) is 0 Å². The predicted molar refractivity (Wildman–Crippen MR) is 140 cm³/mol. The molecule has 0 radical (unpaired) electrons. The van der Waals surface area contributed by atoms with Crippen molar-refractivity contribution < 1.29 is 14.3 Å². The maximum absolute atomic E-state index is 13.1. The molecule has 7 nitrogen and oxygen atoms in total. The molecule has 3 N–H and O–H groups in total. The second kappa shape index (κ2) is 10.7. The monoisotopic (exact) mass is 490 g/mol. The average Bonchev–Trinajstić information content (AvgIpc) is 2.88. The lowest BCUT2D eigenvalue weighted by Gasteiger charge is -2.29. The third kappa shape index (κ3) is 5.60. The van der Waals surface area contributed by atoms with Crippen LogP contribution in [0.5, 0.6) is 5.75 Å². The standard InChI is InChI=1S/C27H30N4O3S/c1-34-20-12-21-22(29-15-20)6-3-7-23(21)31-27(33)19-5-2-4-17(10-19)13-28-14-18-8-9-25-24(11-18)30-26(32)16-35-25/h3,6-9,11-12,15,17,19,28H,2,4-5,10,13-14,16H2,1H3,(H,30,32)(H,31,33). The molecule has 1 fully saturated rings. The second-order valence-electron chi connectivity index (χ2n) is 9.26. The molecule has 2 atom stereocenters. The zero-order valence-corrected chi connectivity index (χ0v) is 20.6. The van der Waals surface area contributed by atoms with E-state index >= 15 is 0 Å². The lowest BCUT2D eigenvalue weighted by molar-refractivity contribution is -0.121. The van der Waals surface area contributed by atoms with Gasteiger partial charge in [-0.1, -0.05) is 18.6 Å². The van der Waals surface area contributed by atoms with E-state index in [1.807, 2.05) is 24.3 Å². The van der Waals surface area contributed by atoms with Crippen molar-refractivity contribution in [2.75, 3.05) is 30.0 Å². The van der Waals surface area contributed by atoms with Crippen molar-refractivity contribution in [2.45, 2.75) is 37.1 Å². The summed E-state index contributed by atoms with van der Waals surface area (Å²) in [6, 6.07) is 13.9. The number of nitrogens with one attached hydrogen (secondary N) is 3. The molecule has 2 amide bonds. The SMILES string of the molecule is COc1cnc2cccc(NC(=O)C3CCCC(CNCc4ccc5c(c4)NC(=O)CS5)C3)c2c1. The number of ether oxygens (including phenoxy) is 1. The van der Waals surface area contributed by atoms with Crippen molar-refractivity contribution in [3.8, 4) is 5.75 Å². The quantitative estimate of drug-likeness (QED) is 0.440. The largest absolute Gasteiger partial charge is 0.495 e. The summed E-state index contributed by atoms with van der Waals surface area (Å²) in [4.78, 5) is 30.4. The topological polar surface area (TPSA) is 92.3 Å².